The van der Waals surface area contributed by atoms with Crippen molar-refractivity contribution in [2.24, 2.45) is 0 Å². The molecular formula is C13H13N3O2. The lowest BCUT2D eigenvalue weighted by molar-refractivity contribution is 0.0696. The summed E-state index contributed by atoms with van der Waals surface area (Å²) in [6.07, 6.45) is 0. The van der Waals surface area contributed by atoms with Gasteiger partial charge in [0.2, 0.25) is 0 Å². The molecule has 2 N–H and O–H groups in total. The lowest BCUT2D eigenvalue weighted by atomic mass is 10.1. The number of anilines is 2. The van der Waals surface area contributed by atoms with Gasteiger partial charge in [0.05, 0.1) is 11.3 Å². The van der Waals surface area contributed by atoms with Crippen molar-refractivity contribution in [3.8, 4) is 0 Å². The van der Waals surface area contributed by atoms with E-state index in [1.807, 2.05) is 19.1 Å². The van der Waals surface area contributed by atoms with Crippen LogP contribution in [0.3, 0.4) is 0 Å². The smallest absolute Gasteiger partial charge is 0.335 e. The third-order valence-corrected chi connectivity index (χ3v) is 2.53. The Hall–Kier alpha value is -2.43. The fourth-order valence-corrected chi connectivity index (χ4v) is 1.59. The summed E-state index contributed by atoms with van der Waals surface area (Å²) < 4.78 is 0. The molecule has 0 aliphatic carbocycles. The average Bonchev–Trinajstić information content (AvgIpc) is 2.32. The number of aromatic nitrogens is 2. The Bertz CT molecular complexity index is 579. The van der Waals surface area contributed by atoms with E-state index in [0.717, 1.165) is 11.4 Å². The molecule has 18 heavy (non-hydrogen) atoms. The Balaban J connectivity index is 2.22. The van der Waals surface area contributed by atoms with Gasteiger partial charge in [-0.15, -0.1) is 5.10 Å². The Labute approximate surface area is 104 Å². The molecule has 0 unspecified atom stereocenters. The standard InChI is InChI=1S/C13H13N3O2/c1-8-7-10(4-5-11(8)13(17)18)14-12-6-3-9(2)15-16-12/h3-7H,1-2H3,(H,14,16)(H,17,18). The summed E-state index contributed by atoms with van der Waals surface area (Å²) in [7, 11) is 0. The van der Waals surface area contributed by atoms with Crippen LogP contribution in [0, 0.1) is 13.8 Å². The average molecular weight is 243 g/mol. The van der Waals surface area contributed by atoms with E-state index in [-0.39, 0.29) is 0 Å². The maximum absolute atomic E-state index is 10.9. The van der Waals surface area contributed by atoms with Gasteiger partial charge in [0.15, 0.2) is 5.82 Å². The van der Waals surface area contributed by atoms with Crippen LogP contribution in [-0.2, 0) is 0 Å². The summed E-state index contributed by atoms with van der Waals surface area (Å²) in [6, 6.07) is 8.72. The minimum absolute atomic E-state index is 0.301. The number of carboxylic acid groups (broad SMARTS) is 1. The van der Waals surface area contributed by atoms with E-state index in [0.29, 0.717) is 16.9 Å². The van der Waals surface area contributed by atoms with E-state index < -0.39 is 5.97 Å². The quantitative estimate of drug-likeness (QED) is 0.866. The van der Waals surface area contributed by atoms with Crippen LogP contribution in [0.4, 0.5) is 11.5 Å². The van der Waals surface area contributed by atoms with Crippen LogP contribution in [0.2, 0.25) is 0 Å². The fourth-order valence-electron chi connectivity index (χ4n) is 1.59. The molecule has 2 aromatic rings. The molecule has 1 heterocycles. The van der Waals surface area contributed by atoms with Crippen LogP contribution in [0.5, 0.6) is 0 Å². The van der Waals surface area contributed by atoms with Gasteiger partial charge in [-0.1, -0.05) is 0 Å². The van der Waals surface area contributed by atoms with E-state index in [2.05, 4.69) is 15.5 Å². The highest BCUT2D eigenvalue weighted by molar-refractivity contribution is 5.90. The largest absolute Gasteiger partial charge is 0.478 e. The minimum Gasteiger partial charge on any atom is -0.478 e. The number of nitrogens with one attached hydrogen (secondary N) is 1. The lowest BCUT2D eigenvalue weighted by Gasteiger charge is -2.07. The van der Waals surface area contributed by atoms with E-state index >= 15 is 0 Å². The molecule has 1 aromatic heterocycles. The SMILES string of the molecule is Cc1ccc(Nc2ccc(C(=O)O)c(C)c2)nn1. The highest BCUT2D eigenvalue weighted by atomic mass is 16.4. The minimum atomic E-state index is -0.922. The van der Waals surface area contributed by atoms with Crippen molar-refractivity contribution < 1.29 is 9.90 Å². The normalized spacial score (nSPS) is 10.1. The molecule has 0 fully saturated rings. The second-order valence-corrected chi connectivity index (χ2v) is 4.02. The van der Waals surface area contributed by atoms with Crippen molar-refractivity contribution in [3.63, 3.8) is 0 Å². The van der Waals surface area contributed by atoms with Crippen molar-refractivity contribution in [2.75, 3.05) is 5.32 Å². The number of aromatic carboxylic acids is 1. The Kier molecular flexibility index (Phi) is 3.23. The number of hydrogen-bond donors (Lipinski definition) is 2. The van der Waals surface area contributed by atoms with E-state index in [1.165, 1.54) is 0 Å². The first-order valence-corrected chi connectivity index (χ1v) is 5.47. The monoisotopic (exact) mass is 243 g/mol. The molecule has 92 valence electrons. The summed E-state index contributed by atoms with van der Waals surface area (Å²) in [5.74, 6) is -0.294. The molecule has 0 amide bonds. The van der Waals surface area contributed by atoms with Crippen LogP contribution >= 0.6 is 0 Å². The maximum Gasteiger partial charge on any atom is 0.335 e. The third kappa shape index (κ3) is 2.63. The van der Waals surface area contributed by atoms with Crippen molar-refractivity contribution >= 4 is 17.5 Å². The van der Waals surface area contributed by atoms with Gasteiger partial charge in [-0.3, -0.25) is 0 Å². The van der Waals surface area contributed by atoms with Gasteiger partial charge in [-0.05, 0) is 49.7 Å². The van der Waals surface area contributed by atoms with Crippen molar-refractivity contribution in [2.45, 2.75) is 13.8 Å². The number of carbonyl (C=O) groups is 1. The van der Waals surface area contributed by atoms with Crippen molar-refractivity contribution in [1.29, 1.82) is 0 Å². The van der Waals surface area contributed by atoms with Gasteiger partial charge in [-0.2, -0.15) is 5.10 Å². The summed E-state index contributed by atoms with van der Waals surface area (Å²) in [4.78, 5) is 10.9. The molecule has 0 spiro atoms. The summed E-state index contributed by atoms with van der Waals surface area (Å²) in [5.41, 5.74) is 2.64. The summed E-state index contributed by atoms with van der Waals surface area (Å²) in [5, 5.41) is 19.9. The second kappa shape index (κ2) is 4.83. The molecular weight excluding hydrogens is 230 g/mol. The number of carboxylic acids is 1. The first kappa shape index (κ1) is 12.0. The number of rotatable bonds is 3. The Morgan fingerprint density at radius 1 is 1.17 bits per heavy atom. The summed E-state index contributed by atoms with van der Waals surface area (Å²) >= 11 is 0. The highest BCUT2D eigenvalue weighted by Gasteiger charge is 2.07. The van der Waals surface area contributed by atoms with Crippen LogP contribution in [0.15, 0.2) is 30.3 Å². The van der Waals surface area contributed by atoms with Crippen LogP contribution in [-0.4, -0.2) is 21.3 Å². The first-order valence-electron chi connectivity index (χ1n) is 5.47. The number of hydrogen-bond acceptors (Lipinski definition) is 4. The fraction of sp³-hybridized carbons (Fsp3) is 0.154. The third-order valence-electron chi connectivity index (χ3n) is 2.53. The molecule has 0 atom stereocenters. The predicted molar refractivity (Wildman–Crippen MR) is 68.2 cm³/mol. The molecule has 2 rings (SSSR count). The molecule has 0 aliphatic heterocycles. The van der Waals surface area contributed by atoms with Gasteiger partial charge in [0.25, 0.3) is 0 Å². The summed E-state index contributed by atoms with van der Waals surface area (Å²) in [6.45, 7) is 3.62. The Morgan fingerprint density at radius 2 is 1.94 bits per heavy atom. The van der Waals surface area contributed by atoms with E-state index in [1.54, 1.807) is 25.1 Å². The molecule has 0 saturated carbocycles. The number of aryl methyl sites for hydroxylation is 2. The van der Waals surface area contributed by atoms with E-state index in [4.69, 9.17) is 5.11 Å². The zero-order valence-electron chi connectivity index (χ0n) is 10.1. The Morgan fingerprint density at radius 3 is 2.50 bits per heavy atom. The van der Waals surface area contributed by atoms with Crippen LogP contribution in [0.25, 0.3) is 0 Å². The molecule has 0 bridgehead atoms. The predicted octanol–water partition coefficient (Wildman–Crippen LogP) is 2.54. The van der Waals surface area contributed by atoms with Crippen LogP contribution in [0.1, 0.15) is 21.6 Å². The second-order valence-electron chi connectivity index (χ2n) is 4.02. The molecule has 0 radical (unpaired) electrons. The van der Waals surface area contributed by atoms with Gasteiger partial charge in [-0.25, -0.2) is 4.79 Å². The topological polar surface area (TPSA) is 75.1 Å². The van der Waals surface area contributed by atoms with Crippen molar-refractivity contribution in [3.05, 3.63) is 47.2 Å². The van der Waals surface area contributed by atoms with Gasteiger partial charge >= 0.3 is 5.97 Å². The highest BCUT2D eigenvalue weighted by Crippen LogP contribution is 2.18. The molecule has 0 aliphatic rings. The van der Waals surface area contributed by atoms with E-state index in [9.17, 15) is 4.79 Å². The number of nitrogens with zero attached hydrogens (tertiary/aromatic N) is 2. The van der Waals surface area contributed by atoms with Crippen molar-refractivity contribution in [1.82, 2.24) is 10.2 Å². The molecule has 0 saturated heterocycles. The molecule has 5 heteroatoms. The molecule has 1 aromatic carbocycles. The maximum atomic E-state index is 10.9. The van der Waals surface area contributed by atoms with Gasteiger partial charge < -0.3 is 10.4 Å². The molecule has 5 nitrogen and oxygen atoms in total. The zero-order valence-corrected chi connectivity index (χ0v) is 10.1. The number of benzene rings is 1. The zero-order chi connectivity index (χ0) is 13.1. The first-order chi connectivity index (χ1) is 8.56. The van der Waals surface area contributed by atoms with Crippen LogP contribution < -0.4 is 5.32 Å². The van der Waals surface area contributed by atoms with Gasteiger partial charge in [0, 0.05) is 5.69 Å². The van der Waals surface area contributed by atoms with Gasteiger partial charge in [0.1, 0.15) is 0 Å². The lowest BCUT2D eigenvalue weighted by Crippen LogP contribution is -2.01.